The summed E-state index contributed by atoms with van der Waals surface area (Å²) in [5.74, 6) is 4.64. The molecule has 0 spiro atoms. The van der Waals surface area contributed by atoms with Crippen LogP contribution in [0.15, 0.2) is 41.4 Å². The van der Waals surface area contributed by atoms with Crippen molar-refractivity contribution >= 4 is 27.5 Å². The second-order valence-electron chi connectivity index (χ2n) is 6.61. The fourth-order valence-corrected chi connectivity index (χ4v) is 4.38. The summed E-state index contributed by atoms with van der Waals surface area (Å²) >= 11 is 1.36. The maximum Gasteiger partial charge on any atom is 0.293 e. The molecule has 2 atom stereocenters. The average Bonchev–Trinajstić information content (AvgIpc) is 3.30. The number of carbonyl (C=O) groups excluding carboxylic acids is 1. The van der Waals surface area contributed by atoms with Crippen molar-refractivity contribution in [1.29, 1.82) is 0 Å². The van der Waals surface area contributed by atoms with Crippen LogP contribution in [-0.4, -0.2) is 29.5 Å². The Bertz CT molecular complexity index is 1240. The summed E-state index contributed by atoms with van der Waals surface area (Å²) in [4.78, 5) is 17.8. The van der Waals surface area contributed by atoms with Gasteiger partial charge in [0.05, 0.1) is 16.8 Å². The molecule has 0 bridgehead atoms. The van der Waals surface area contributed by atoms with Crippen LogP contribution in [-0.2, 0) is 11.3 Å². The normalized spacial score (nSPS) is 19.9. The minimum Gasteiger partial charge on any atom is -0.482 e. The summed E-state index contributed by atoms with van der Waals surface area (Å²) in [7, 11) is 0. The maximum absolute atomic E-state index is 12.9. The van der Waals surface area contributed by atoms with E-state index >= 15 is 0 Å². The number of ether oxygens (including phenoxy) is 4. The van der Waals surface area contributed by atoms with Gasteiger partial charge in [-0.3, -0.25) is 4.79 Å². The van der Waals surface area contributed by atoms with Crippen molar-refractivity contribution in [3.63, 3.8) is 0 Å². The number of aromatic nitrogens is 1. The predicted molar refractivity (Wildman–Crippen MR) is 106 cm³/mol. The lowest BCUT2D eigenvalue weighted by atomic mass is 10.1. The Balaban J connectivity index is 1.55. The Morgan fingerprint density at radius 2 is 1.93 bits per heavy atom. The molecule has 0 saturated carbocycles. The molecule has 0 N–H and O–H groups in total. The molecule has 3 heterocycles. The van der Waals surface area contributed by atoms with Crippen LogP contribution in [0.2, 0.25) is 0 Å². The van der Waals surface area contributed by atoms with Gasteiger partial charge in [-0.25, -0.2) is 0 Å². The molecule has 5 rings (SSSR count). The van der Waals surface area contributed by atoms with E-state index in [-0.39, 0.29) is 13.3 Å². The molecule has 7 nitrogen and oxygen atoms in total. The number of rotatable bonds is 2. The van der Waals surface area contributed by atoms with Crippen molar-refractivity contribution in [2.24, 2.45) is 4.99 Å². The van der Waals surface area contributed by atoms with E-state index in [1.54, 1.807) is 19.1 Å². The summed E-state index contributed by atoms with van der Waals surface area (Å²) in [6.45, 7) is 2.25. The number of amides is 1. The molecule has 2 aromatic carbocycles. The van der Waals surface area contributed by atoms with Crippen LogP contribution in [0.1, 0.15) is 6.92 Å². The molecule has 29 heavy (non-hydrogen) atoms. The van der Waals surface area contributed by atoms with Gasteiger partial charge in [-0.1, -0.05) is 29.4 Å². The van der Waals surface area contributed by atoms with Crippen molar-refractivity contribution in [2.45, 2.75) is 25.7 Å². The van der Waals surface area contributed by atoms with Gasteiger partial charge in [-0.15, -0.1) is 6.42 Å². The molecule has 3 aromatic rings. The Hall–Kier alpha value is -3.44. The summed E-state index contributed by atoms with van der Waals surface area (Å²) in [6, 6.07) is 11.0. The quantitative estimate of drug-likeness (QED) is 0.610. The Kier molecular flexibility index (Phi) is 4.18. The largest absolute Gasteiger partial charge is 0.482 e. The molecule has 2 aliphatic heterocycles. The van der Waals surface area contributed by atoms with E-state index in [0.717, 1.165) is 10.2 Å². The molecule has 0 saturated heterocycles. The van der Waals surface area contributed by atoms with Gasteiger partial charge in [0.1, 0.15) is 6.10 Å². The lowest BCUT2D eigenvalue weighted by Crippen LogP contribution is -2.43. The molecular formula is C21H16N2O5S. The van der Waals surface area contributed by atoms with Crippen LogP contribution in [0, 0.1) is 12.3 Å². The third-order valence-corrected chi connectivity index (χ3v) is 5.76. The molecule has 1 amide bonds. The first-order valence-electron chi connectivity index (χ1n) is 9.01. The number of hydrogen-bond donors (Lipinski definition) is 0. The van der Waals surface area contributed by atoms with Crippen LogP contribution < -0.4 is 23.7 Å². The molecule has 2 aliphatic rings. The van der Waals surface area contributed by atoms with Crippen molar-refractivity contribution < 1.29 is 23.7 Å². The molecule has 8 heteroatoms. The molecule has 146 valence electrons. The van der Waals surface area contributed by atoms with Gasteiger partial charge in [0, 0.05) is 12.1 Å². The average molecular weight is 408 g/mol. The minimum atomic E-state index is -0.842. The number of thiazole rings is 1. The smallest absolute Gasteiger partial charge is 0.293 e. The summed E-state index contributed by atoms with van der Waals surface area (Å²) < 4.78 is 25.3. The highest BCUT2D eigenvalue weighted by atomic mass is 32.1. The lowest BCUT2D eigenvalue weighted by molar-refractivity contribution is -0.130. The fourth-order valence-electron chi connectivity index (χ4n) is 3.34. The van der Waals surface area contributed by atoms with Gasteiger partial charge in [0.2, 0.25) is 12.9 Å². The molecule has 0 radical (unpaired) electrons. The van der Waals surface area contributed by atoms with Crippen LogP contribution in [0.5, 0.6) is 23.0 Å². The van der Waals surface area contributed by atoms with Crippen molar-refractivity contribution in [1.82, 2.24) is 4.57 Å². The first kappa shape index (κ1) is 17.6. The predicted octanol–water partition coefficient (Wildman–Crippen LogP) is 2.72. The van der Waals surface area contributed by atoms with Crippen LogP contribution in [0.3, 0.4) is 0 Å². The number of benzene rings is 2. The van der Waals surface area contributed by atoms with Crippen LogP contribution >= 0.6 is 11.3 Å². The molecule has 0 fully saturated rings. The highest BCUT2D eigenvalue weighted by molar-refractivity contribution is 7.16. The van der Waals surface area contributed by atoms with Gasteiger partial charge < -0.3 is 23.5 Å². The van der Waals surface area contributed by atoms with Crippen molar-refractivity contribution in [3.05, 3.63) is 41.2 Å². The minimum absolute atomic E-state index is 0.190. The SMILES string of the molecule is C#CCn1c(=NC(=O)C2Oc3ccccc3OC2C)sc2cc3c(cc21)OCO3. The summed E-state index contributed by atoms with van der Waals surface area (Å²) in [5.41, 5.74) is 0.836. The highest BCUT2D eigenvalue weighted by Crippen LogP contribution is 2.37. The second-order valence-corrected chi connectivity index (χ2v) is 7.62. The number of para-hydroxylation sites is 2. The van der Waals surface area contributed by atoms with E-state index in [1.165, 1.54) is 11.3 Å². The zero-order valence-electron chi connectivity index (χ0n) is 15.5. The zero-order chi connectivity index (χ0) is 20.0. The number of carbonyl (C=O) groups is 1. The van der Waals surface area contributed by atoms with E-state index in [4.69, 9.17) is 25.4 Å². The number of fused-ring (bicyclic) bond motifs is 3. The van der Waals surface area contributed by atoms with Gasteiger partial charge >= 0.3 is 0 Å². The van der Waals surface area contributed by atoms with Gasteiger partial charge in [0.15, 0.2) is 27.8 Å². The third kappa shape index (κ3) is 3.00. The molecule has 2 unspecified atom stereocenters. The Morgan fingerprint density at radius 3 is 2.69 bits per heavy atom. The van der Waals surface area contributed by atoms with E-state index in [0.29, 0.717) is 27.8 Å². The van der Waals surface area contributed by atoms with Crippen LogP contribution in [0.25, 0.3) is 10.2 Å². The van der Waals surface area contributed by atoms with Gasteiger partial charge in [-0.2, -0.15) is 4.99 Å². The fraction of sp³-hybridized carbons (Fsp3) is 0.238. The lowest BCUT2D eigenvalue weighted by Gasteiger charge is -2.29. The molecule has 0 aliphatic carbocycles. The first-order valence-corrected chi connectivity index (χ1v) is 9.83. The monoisotopic (exact) mass is 408 g/mol. The standard InChI is InChI=1S/C21H16N2O5S/c1-3-8-23-13-9-16-17(26-11-25-16)10-18(13)29-21(23)22-20(24)19-12(2)27-14-6-4-5-7-15(14)28-19/h1,4-7,9-10,12,19H,8,11H2,2H3. The van der Waals surface area contributed by atoms with Crippen molar-refractivity contribution in [2.75, 3.05) is 6.79 Å². The third-order valence-electron chi connectivity index (χ3n) is 4.72. The second kappa shape index (κ2) is 6.87. The first-order chi connectivity index (χ1) is 14.1. The highest BCUT2D eigenvalue weighted by Gasteiger charge is 2.34. The van der Waals surface area contributed by atoms with E-state index in [2.05, 4.69) is 10.9 Å². The molecule has 1 aromatic heterocycles. The summed E-state index contributed by atoms with van der Waals surface area (Å²) in [5, 5.41) is 0. The topological polar surface area (TPSA) is 71.3 Å². The molecular weight excluding hydrogens is 392 g/mol. The van der Waals surface area contributed by atoms with E-state index < -0.39 is 18.1 Å². The number of nitrogens with zero attached hydrogens (tertiary/aromatic N) is 2. The van der Waals surface area contributed by atoms with Crippen LogP contribution in [0.4, 0.5) is 0 Å². The van der Waals surface area contributed by atoms with E-state index in [9.17, 15) is 4.79 Å². The van der Waals surface area contributed by atoms with Crippen molar-refractivity contribution in [3.8, 4) is 35.3 Å². The number of terminal acetylenes is 1. The maximum atomic E-state index is 12.9. The summed E-state index contributed by atoms with van der Waals surface area (Å²) in [6.07, 6.45) is 4.24. The Labute approximate surface area is 170 Å². The van der Waals surface area contributed by atoms with E-state index in [1.807, 2.05) is 28.8 Å². The zero-order valence-corrected chi connectivity index (χ0v) is 16.3. The number of hydrogen-bond acceptors (Lipinski definition) is 6. The Morgan fingerprint density at radius 1 is 1.21 bits per heavy atom. The van der Waals surface area contributed by atoms with Gasteiger partial charge in [-0.05, 0) is 19.1 Å². The van der Waals surface area contributed by atoms with Gasteiger partial charge in [0.25, 0.3) is 5.91 Å².